The molecule has 0 heterocycles. The van der Waals surface area contributed by atoms with Gasteiger partial charge in [-0.1, -0.05) is 41.6 Å². The number of nitro benzene ring substituents is 1. The number of carbonyl (C=O) groups excluding carboxylic acids is 1. The first-order valence-corrected chi connectivity index (χ1v) is 11.9. The summed E-state index contributed by atoms with van der Waals surface area (Å²) in [6.07, 6.45) is 4.64. The molecule has 0 aromatic heterocycles. The zero-order valence-electron chi connectivity index (χ0n) is 18.0. The van der Waals surface area contributed by atoms with Crippen molar-refractivity contribution in [1.82, 2.24) is 0 Å². The van der Waals surface area contributed by atoms with Crippen LogP contribution in [0, 0.1) is 22.0 Å². The highest BCUT2D eigenvalue weighted by atomic mass is 32.2. The maximum Gasteiger partial charge on any atom is 0.437 e. The van der Waals surface area contributed by atoms with Crippen molar-refractivity contribution < 1.29 is 14.6 Å². The van der Waals surface area contributed by atoms with Gasteiger partial charge in [-0.25, -0.2) is 4.79 Å². The molecule has 2 aliphatic rings. The Hall–Kier alpha value is -2.87. The zero-order chi connectivity index (χ0) is 22.6. The lowest BCUT2D eigenvalue weighted by Crippen LogP contribution is -2.28. The number of anilines is 1. The maximum atomic E-state index is 12.2. The molecule has 32 heavy (non-hydrogen) atoms. The van der Waals surface area contributed by atoms with Crippen molar-refractivity contribution in [2.24, 2.45) is 17.0 Å². The van der Waals surface area contributed by atoms with Crippen LogP contribution in [0.1, 0.15) is 44.6 Å². The first-order chi connectivity index (χ1) is 15.4. The van der Waals surface area contributed by atoms with E-state index in [-0.39, 0.29) is 10.4 Å². The van der Waals surface area contributed by atoms with Crippen LogP contribution >= 0.6 is 11.8 Å². The predicted molar refractivity (Wildman–Crippen MR) is 127 cm³/mol. The van der Waals surface area contributed by atoms with E-state index in [1.807, 2.05) is 17.8 Å². The summed E-state index contributed by atoms with van der Waals surface area (Å²) < 4.78 is 0.0527. The minimum Gasteiger partial charge on any atom is -0.298 e. The molecule has 0 spiro atoms. The molecule has 0 saturated heterocycles. The van der Waals surface area contributed by atoms with Gasteiger partial charge in [-0.05, 0) is 50.2 Å². The van der Waals surface area contributed by atoms with Crippen LogP contribution in [0.4, 0.5) is 16.2 Å². The monoisotopic (exact) mass is 453 g/mol. The Balaban J connectivity index is 1.39. The van der Waals surface area contributed by atoms with Crippen molar-refractivity contribution in [1.29, 1.82) is 0 Å². The number of oxime groups is 1. The number of nitrogens with one attached hydrogen (secondary N) is 1. The van der Waals surface area contributed by atoms with E-state index in [0.717, 1.165) is 30.7 Å². The Bertz CT molecular complexity index is 1010. The van der Waals surface area contributed by atoms with Gasteiger partial charge in [-0.2, -0.15) is 0 Å². The number of nitrogens with zero attached hydrogens (tertiary/aromatic N) is 2. The summed E-state index contributed by atoms with van der Waals surface area (Å²) in [5.41, 5.74) is 2.45. The van der Waals surface area contributed by atoms with Gasteiger partial charge in [0.05, 0.1) is 16.3 Å². The normalized spacial score (nSPS) is 18.0. The molecule has 1 N–H and O–H groups in total. The highest BCUT2D eigenvalue weighted by Crippen LogP contribution is 2.52. The van der Waals surface area contributed by atoms with E-state index in [1.165, 1.54) is 36.6 Å². The van der Waals surface area contributed by atoms with Gasteiger partial charge in [-0.3, -0.25) is 20.3 Å². The number of hydrogen-bond donors (Lipinski definition) is 1. The molecule has 2 fully saturated rings. The first kappa shape index (κ1) is 22.3. The van der Waals surface area contributed by atoms with Crippen molar-refractivity contribution in [3.63, 3.8) is 0 Å². The number of nitro groups is 1. The molecule has 7 nitrogen and oxygen atoms in total. The maximum absolute atomic E-state index is 12.2. The Morgan fingerprint density at radius 2 is 1.94 bits per heavy atom. The number of thioether (sulfide) groups is 1. The van der Waals surface area contributed by atoms with Gasteiger partial charge < -0.3 is 0 Å². The molecule has 1 amide bonds. The standard InChI is InChI=1S/C24H27N3O4S/c1-24(19-12-13-19,32-16-17-6-3-2-4-7-17)15-22(18-10-11-18)26-31-23(28)25-20-8-5-9-21(14-20)27(29)30/h2-9,14,18-19H,10-13,15-16H2,1H3,(H,25,28). The number of non-ortho nitro benzene ring substituents is 1. The summed E-state index contributed by atoms with van der Waals surface area (Å²) in [6.45, 7) is 2.30. The molecule has 2 aliphatic carbocycles. The highest BCUT2D eigenvalue weighted by Gasteiger charge is 2.44. The number of rotatable bonds is 10. The topological polar surface area (TPSA) is 93.8 Å². The Morgan fingerprint density at radius 3 is 2.59 bits per heavy atom. The van der Waals surface area contributed by atoms with Gasteiger partial charge in [0.1, 0.15) is 0 Å². The van der Waals surface area contributed by atoms with Gasteiger partial charge >= 0.3 is 6.09 Å². The average Bonchev–Trinajstić information content (AvgIpc) is 3.69. The minimum atomic E-state index is -0.742. The SMILES string of the molecule is CC(CC(=NOC(=O)Nc1cccc([N+](=O)[O-])c1)C1CC1)(SCc1ccccc1)C1CC1. The summed E-state index contributed by atoms with van der Waals surface area (Å²) in [7, 11) is 0. The second-order valence-electron chi connectivity index (χ2n) is 8.71. The lowest BCUT2D eigenvalue weighted by Gasteiger charge is -2.30. The molecule has 1 unspecified atom stereocenters. The second kappa shape index (κ2) is 9.73. The van der Waals surface area contributed by atoms with Gasteiger partial charge in [0.2, 0.25) is 0 Å². The first-order valence-electron chi connectivity index (χ1n) is 10.9. The second-order valence-corrected chi connectivity index (χ2v) is 10.2. The van der Waals surface area contributed by atoms with Crippen LogP contribution in [0.25, 0.3) is 0 Å². The molecule has 2 aromatic carbocycles. The lowest BCUT2D eigenvalue weighted by molar-refractivity contribution is -0.384. The summed E-state index contributed by atoms with van der Waals surface area (Å²) >= 11 is 1.96. The third-order valence-electron chi connectivity index (χ3n) is 5.98. The van der Waals surface area contributed by atoms with Crippen LogP contribution in [0.5, 0.6) is 0 Å². The van der Waals surface area contributed by atoms with Crippen molar-refractivity contribution >= 4 is 34.9 Å². The average molecular weight is 454 g/mol. The lowest BCUT2D eigenvalue weighted by atomic mass is 9.96. The van der Waals surface area contributed by atoms with Gasteiger partial charge in [0, 0.05) is 35.0 Å². The summed E-state index contributed by atoms with van der Waals surface area (Å²) in [4.78, 5) is 27.8. The molecular formula is C24H27N3O4S. The van der Waals surface area contributed by atoms with Crippen LogP contribution in [-0.4, -0.2) is 21.5 Å². The number of carbonyl (C=O) groups is 1. The van der Waals surface area contributed by atoms with Crippen LogP contribution in [0.15, 0.2) is 59.8 Å². The minimum absolute atomic E-state index is 0.0527. The van der Waals surface area contributed by atoms with Crippen LogP contribution in [0.2, 0.25) is 0 Å². The molecule has 4 rings (SSSR count). The smallest absolute Gasteiger partial charge is 0.298 e. The molecule has 2 saturated carbocycles. The fourth-order valence-corrected chi connectivity index (χ4v) is 5.21. The van der Waals surface area contributed by atoms with E-state index in [9.17, 15) is 14.9 Å². The largest absolute Gasteiger partial charge is 0.437 e. The van der Waals surface area contributed by atoms with Gasteiger partial charge in [-0.15, -0.1) is 11.8 Å². The van der Waals surface area contributed by atoms with E-state index in [4.69, 9.17) is 4.84 Å². The molecule has 0 bridgehead atoms. The fourth-order valence-electron chi connectivity index (χ4n) is 3.79. The summed E-state index contributed by atoms with van der Waals surface area (Å²) in [5, 5.41) is 17.7. The molecule has 2 aromatic rings. The third kappa shape index (κ3) is 6.09. The number of benzene rings is 2. The molecule has 8 heteroatoms. The Kier molecular flexibility index (Phi) is 6.79. The molecule has 0 radical (unpaired) electrons. The number of amides is 1. The van der Waals surface area contributed by atoms with Crippen LogP contribution in [-0.2, 0) is 10.6 Å². The third-order valence-corrected chi connectivity index (χ3v) is 7.60. The quantitative estimate of drug-likeness (QED) is 0.194. The van der Waals surface area contributed by atoms with E-state index < -0.39 is 11.0 Å². The van der Waals surface area contributed by atoms with Gasteiger partial charge in [0.15, 0.2) is 0 Å². The molecule has 168 valence electrons. The zero-order valence-corrected chi connectivity index (χ0v) is 18.8. The van der Waals surface area contributed by atoms with E-state index in [0.29, 0.717) is 17.5 Å². The Morgan fingerprint density at radius 1 is 1.19 bits per heavy atom. The van der Waals surface area contributed by atoms with Crippen LogP contribution in [0.3, 0.4) is 0 Å². The Labute approximate surface area is 191 Å². The van der Waals surface area contributed by atoms with E-state index in [2.05, 4.69) is 41.7 Å². The summed E-state index contributed by atoms with van der Waals surface area (Å²) in [6, 6.07) is 16.2. The molecule has 1 atom stereocenters. The number of hydrogen-bond acceptors (Lipinski definition) is 6. The highest BCUT2D eigenvalue weighted by molar-refractivity contribution is 7.99. The van der Waals surface area contributed by atoms with Gasteiger partial charge in [0.25, 0.3) is 5.69 Å². The van der Waals surface area contributed by atoms with Crippen molar-refractivity contribution in [2.45, 2.75) is 49.5 Å². The van der Waals surface area contributed by atoms with E-state index >= 15 is 0 Å². The van der Waals surface area contributed by atoms with Crippen molar-refractivity contribution in [3.8, 4) is 0 Å². The molecule has 0 aliphatic heterocycles. The van der Waals surface area contributed by atoms with Crippen molar-refractivity contribution in [3.05, 3.63) is 70.3 Å². The summed E-state index contributed by atoms with van der Waals surface area (Å²) in [5.74, 6) is 1.97. The van der Waals surface area contributed by atoms with Crippen LogP contribution < -0.4 is 5.32 Å². The fraction of sp³-hybridized carbons (Fsp3) is 0.417. The molecular weight excluding hydrogens is 426 g/mol. The van der Waals surface area contributed by atoms with E-state index in [1.54, 1.807) is 6.07 Å². The predicted octanol–water partition coefficient (Wildman–Crippen LogP) is 6.40. The van der Waals surface area contributed by atoms with Crippen molar-refractivity contribution in [2.75, 3.05) is 5.32 Å².